The van der Waals surface area contributed by atoms with Gasteiger partial charge in [-0.15, -0.1) is 0 Å². The average Bonchev–Trinajstić information content (AvgIpc) is 2.49. The number of rotatable bonds is 1. The van der Waals surface area contributed by atoms with Crippen molar-refractivity contribution in [3.8, 4) is 11.8 Å². The van der Waals surface area contributed by atoms with Crippen LogP contribution in [-0.2, 0) is 5.54 Å². The van der Waals surface area contributed by atoms with Gasteiger partial charge in [-0.25, -0.2) is 4.79 Å². The summed E-state index contributed by atoms with van der Waals surface area (Å²) in [7, 11) is 3.98. The smallest absolute Gasteiger partial charge is 0.319 e. The lowest BCUT2D eigenvalue weighted by Gasteiger charge is -2.43. The molecular weight excluding hydrogens is 310 g/mol. The molecule has 0 saturated heterocycles. The highest BCUT2D eigenvalue weighted by molar-refractivity contribution is 6.34. The summed E-state index contributed by atoms with van der Waals surface area (Å²) in [5.74, 6) is 6.33. The maximum absolute atomic E-state index is 12.1. The molecule has 23 heavy (non-hydrogen) atoms. The van der Waals surface area contributed by atoms with Crippen LogP contribution >= 0.6 is 11.6 Å². The number of benzene rings is 1. The maximum atomic E-state index is 12.1. The van der Waals surface area contributed by atoms with Crippen molar-refractivity contribution >= 4 is 23.3 Å². The molecule has 0 bridgehead atoms. The van der Waals surface area contributed by atoms with Crippen molar-refractivity contribution in [3.63, 3.8) is 0 Å². The molecule has 0 atom stereocenters. The van der Waals surface area contributed by atoms with Crippen LogP contribution in [0.25, 0.3) is 0 Å². The highest BCUT2D eigenvalue weighted by Gasteiger charge is 2.41. The second-order valence-corrected chi connectivity index (χ2v) is 7.05. The van der Waals surface area contributed by atoms with Crippen molar-refractivity contribution in [2.45, 2.75) is 37.6 Å². The first-order chi connectivity index (χ1) is 11.0. The lowest BCUT2D eigenvalue weighted by Crippen LogP contribution is -2.52. The number of fused-ring (bicyclic) bond motifs is 2. The predicted molar refractivity (Wildman–Crippen MR) is 93.8 cm³/mol. The minimum absolute atomic E-state index is 0.159. The largest absolute Gasteiger partial charge is 0.328 e. The van der Waals surface area contributed by atoms with E-state index in [2.05, 4.69) is 28.5 Å². The molecule has 1 spiro atoms. The maximum Gasteiger partial charge on any atom is 0.319 e. The number of hydrogen-bond donors (Lipinski definition) is 2. The van der Waals surface area contributed by atoms with Crippen LogP contribution in [0.2, 0.25) is 5.02 Å². The van der Waals surface area contributed by atoms with Gasteiger partial charge in [0.1, 0.15) is 0 Å². The van der Waals surface area contributed by atoms with Crippen LogP contribution in [0.4, 0.5) is 10.5 Å². The number of nitrogens with zero attached hydrogens (tertiary/aromatic N) is 1. The van der Waals surface area contributed by atoms with Gasteiger partial charge in [-0.2, -0.15) is 0 Å². The molecule has 1 fully saturated rings. The summed E-state index contributed by atoms with van der Waals surface area (Å²) in [5, 5.41) is 6.58. The number of nitrogens with one attached hydrogen (secondary N) is 2. The molecule has 1 heterocycles. The van der Waals surface area contributed by atoms with Crippen molar-refractivity contribution in [1.29, 1.82) is 0 Å². The zero-order valence-corrected chi connectivity index (χ0v) is 14.4. The molecule has 3 rings (SSSR count). The van der Waals surface area contributed by atoms with Crippen LogP contribution in [0.3, 0.4) is 0 Å². The summed E-state index contributed by atoms with van der Waals surface area (Å²) in [5.41, 5.74) is 2.44. The summed E-state index contributed by atoms with van der Waals surface area (Å²) in [4.78, 5) is 14.1. The molecule has 122 valence electrons. The second-order valence-electron chi connectivity index (χ2n) is 6.64. The Kier molecular flexibility index (Phi) is 4.52. The van der Waals surface area contributed by atoms with Crippen LogP contribution in [0.15, 0.2) is 12.1 Å². The van der Waals surface area contributed by atoms with Gasteiger partial charge < -0.3 is 10.6 Å². The van der Waals surface area contributed by atoms with E-state index in [9.17, 15) is 4.79 Å². The quantitative estimate of drug-likeness (QED) is 0.773. The first-order valence-electron chi connectivity index (χ1n) is 8.07. The number of amides is 2. The Morgan fingerprint density at radius 1 is 1.26 bits per heavy atom. The SMILES string of the molecule is CN(C)CC#Cc1cc(Cl)c2c(c1)C1(CCCCC1)NC(=O)N2. The van der Waals surface area contributed by atoms with Gasteiger partial charge in [-0.05, 0) is 39.1 Å². The van der Waals surface area contributed by atoms with E-state index in [0.717, 1.165) is 42.5 Å². The molecule has 4 nitrogen and oxygen atoms in total. The highest BCUT2D eigenvalue weighted by Crippen LogP contribution is 2.45. The van der Waals surface area contributed by atoms with Crippen LogP contribution in [0.5, 0.6) is 0 Å². The topological polar surface area (TPSA) is 44.4 Å². The van der Waals surface area contributed by atoms with E-state index in [1.807, 2.05) is 25.1 Å². The van der Waals surface area contributed by atoms with E-state index >= 15 is 0 Å². The number of urea groups is 1. The molecule has 2 N–H and O–H groups in total. The molecule has 2 aliphatic rings. The minimum atomic E-state index is -0.293. The Bertz CT molecular complexity index is 681. The summed E-state index contributed by atoms with van der Waals surface area (Å²) in [6.45, 7) is 0.703. The van der Waals surface area contributed by atoms with Crippen molar-refractivity contribution in [1.82, 2.24) is 10.2 Å². The van der Waals surface area contributed by atoms with Crippen molar-refractivity contribution in [2.24, 2.45) is 0 Å². The Hall–Kier alpha value is -1.70. The van der Waals surface area contributed by atoms with E-state index < -0.39 is 0 Å². The molecule has 0 radical (unpaired) electrons. The van der Waals surface area contributed by atoms with Crippen LogP contribution in [0.1, 0.15) is 43.2 Å². The zero-order valence-electron chi connectivity index (χ0n) is 13.6. The van der Waals surface area contributed by atoms with Gasteiger partial charge >= 0.3 is 6.03 Å². The monoisotopic (exact) mass is 331 g/mol. The van der Waals surface area contributed by atoms with Crippen molar-refractivity contribution in [3.05, 3.63) is 28.3 Å². The third kappa shape index (κ3) is 3.31. The van der Waals surface area contributed by atoms with Gasteiger partial charge in [0.05, 0.1) is 22.8 Å². The van der Waals surface area contributed by atoms with Gasteiger partial charge in [0, 0.05) is 11.1 Å². The number of halogens is 1. The van der Waals surface area contributed by atoms with E-state index in [-0.39, 0.29) is 11.6 Å². The van der Waals surface area contributed by atoms with E-state index in [0.29, 0.717) is 11.6 Å². The van der Waals surface area contributed by atoms with Gasteiger partial charge in [-0.3, -0.25) is 4.90 Å². The first kappa shape index (κ1) is 16.2. The lowest BCUT2D eigenvalue weighted by molar-refractivity contribution is 0.208. The molecule has 1 aromatic rings. The Labute approximate surface area is 142 Å². The molecular formula is C18H22ClN3O. The van der Waals surface area contributed by atoms with Gasteiger partial charge in [0.15, 0.2) is 0 Å². The fourth-order valence-corrected chi connectivity index (χ4v) is 3.73. The Morgan fingerprint density at radius 3 is 2.70 bits per heavy atom. The molecule has 0 unspecified atom stereocenters. The van der Waals surface area contributed by atoms with Crippen molar-refractivity contribution < 1.29 is 4.79 Å². The minimum Gasteiger partial charge on any atom is -0.328 e. The summed E-state index contributed by atoms with van der Waals surface area (Å²) >= 11 is 6.44. The number of hydrogen-bond acceptors (Lipinski definition) is 2. The van der Waals surface area contributed by atoms with Crippen LogP contribution in [-0.4, -0.2) is 31.6 Å². The number of anilines is 1. The van der Waals surface area contributed by atoms with Gasteiger partial charge in [0.25, 0.3) is 0 Å². The highest BCUT2D eigenvalue weighted by atomic mass is 35.5. The molecule has 0 aromatic heterocycles. The number of carbonyl (C=O) groups is 1. The standard InChI is InChI=1S/C18H22ClN3O/c1-22(2)10-6-7-13-11-14-16(15(19)12-13)20-17(23)21-18(14)8-4-3-5-9-18/h11-12H,3-5,8-10H2,1-2H3,(H2,20,21,23). The van der Waals surface area contributed by atoms with Crippen LogP contribution in [0, 0.1) is 11.8 Å². The normalized spacial score (nSPS) is 18.7. The average molecular weight is 332 g/mol. The first-order valence-corrected chi connectivity index (χ1v) is 8.45. The van der Waals surface area contributed by atoms with Gasteiger partial charge in [-0.1, -0.05) is 42.7 Å². The van der Waals surface area contributed by atoms with E-state index in [4.69, 9.17) is 11.6 Å². The molecule has 1 aliphatic heterocycles. The van der Waals surface area contributed by atoms with E-state index in [1.165, 1.54) is 6.42 Å². The molecule has 1 aromatic carbocycles. The fourth-order valence-electron chi connectivity index (χ4n) is 3.46. The Morgan fingerprint density at radius 2 is 2.00 bits per heavy atom. The second kappa shape index (κ2) is 6.43. The summed E-state index contributed by atoms with van der Waals surface area (Å²) in [6, 6.07) is 3.76. The summed E-state index contributed by atoms with van der Waals surface area (Å²) in [6.07, 6.45) is 5.37. The summed E-state index contributed by atoms with van der Waals surface area (Å²) < 4.78 is 0. The predicted octanol–water partition coefficient (Wildman–Crippen LogP) is 3.55. The fraction of sp³-hybridized carbons (Fsp3) is 0.500. The number of carbonyl (C=O) groups excluding carboxylic acids is 1. The Balaban J connectivity index is 2.03. The third-order valence-corrected chi connectivity index (χ3v) is 4.83. The van der Waals surface area contributed by atoms with E-state index in [1.54, 1.807) is 0 Å². The third-order valence-electron chi connectivity index (χ3n) is 4.53. The van der Waals surface area contributed by atoms with Gasteiger partial charge in [0.2, 0.25) is 0 Å². The molecule has 1 aliphatic carbocycles. The van der Waals surface area contributed by atoms with Crippen LogP contribution < -0.4 is 10.6 Å². The molecule has 1 saturated carbocycles. The zero-order chi connectivity index (χ0) is 16.4. The van der Waals surface area contributed by atoms with Crippen molar-refractivity contribution in [2.75, 3.05) is 26.0 Å². The molecule has 2 amide bonds. The molecule has 5 heteroatoms. The lowest BCUT2D eigenvalue weighted by atomic mass is 9.74.